The third-order valence-corrected chi connectivity index (χ3v) is 4.69. The standard InChI is InChI=1S/C14H20N4S/c1-2-7-18(8-3-4-12-10-16-17-11-12)13(5-1)14-15-6-9-19-14/h6,9-11,13H,1-5,7-8H2,(H,16,17)/t13-/m0/s1. The Morgan fingerprint density at radius 1 is 1.42 bits per heavy atom. The first-order valence-electron chi connectivity index (χ1n) is 7.04. The molecule has 19 heavy (non-hydrogen) atoms. The molecule has 4 nitrogen and oxygen atoms in total. The van der Waals surface area contributed by atoms with Gasteiger partial charge in [-0.2, -0.15) is 5.10 Å². The van der Waals surface area contributed by atoms with Crippen LogP contribution in [-0.2, 0) is 6.42 Å². The fraction of sp³-hybridized carbons (Fsp3) is 0.571. The molecule has 102 valence electrons. The maximum absolute atomic E-state index is 4.51. The molecule has 0 bridgehead atoms. The lowest BCUT2D eigenvalue weighted by Gasteiger charge is -2.34. The quantitative estimate of drug-likeness (QED) is 0.913. The maximum atomic E-state index is 4.51. The van der Waals surface area contributed by atoms with E-state index in [0.717, 1.165) is 13.0 Å². The molecule has 2 aromatic heterocycles. The summed E-state index contributed by atoms with van der Waals surface area (Å²) in [6.07, 6.45) is 12.1. The van der Waals surface area contributed by atoms with Crippen LogP contribution in [0.1, 0.15) is 42.3 Å². The minimum Gasteiger partial charge on any atom is -0.294 e. The smallest absolute Gasteiger partial charge is 0.110 e. The summed E-state index contributed by atoms with van der Waals surface area (Å²) in [5.41, 5.74) is 1.31. The molecule has 0 saturated carbocycles. The number of nitrogens with one attached hydrogen (secondary N) is 1. The molecule has 3 rings (SSSR count). The van der Waals surface area contributed by atoms with Crippen LogP contribution >= 0.6 is 11.3 Å². The SMILES string of the molecule is c1csc([C@@H]2CCCCN2CCCc2cn[nH]c2)n1. The van der Waals surface area contributed by atoms with Crippen molar-refractivity contribution in [3.05, 3.63) is 34.5 Å². The highest BCUT2D eigenvalue weighted by atomic mass is 32.1. The van der Waals surface area contributed by atoms with Crippen LogP contribution in [0.5, 0.6) is 0 Å². The van der Waals surface area contributed by atoms with E-state index in [0.29, 0.717) is 6.04 Å². The topological polar surface area (TPSA) is 44.8 Å². The molecule has 0 spiro atoms. The van der Waals surface area contributed by atoms with Crippen LogP contribution < -0.4 is 0 Å². The van der Waals surface area contributed by atoms with Crippen molar-refractivity contribution >= 4 is 11.3 Å². The number of thiazole rings is 1. The third kappa shape index (κ3) is 3.22. The Hall–Kier alpha value is -1.20. The van der Waals surface area contributed by atoms with Gasteiger partial charge in [-0.1, -0.05) is 6.42 Å². The monoisotopic (exact) mass is 276 g/mol. The average molecular weight is 276 g/mol. The number of rotatable bonds is 5. The largest absolute Gasteiger partial charge is 0.294 e. The van der Waals surface area contributed by atoms with Crippen LogP contribution in [0.25, 0.3) is 0 Å². The predicted octanol–water partition coefficient (Wildman–Crippen LogP) is 3.03. The zero-order valence-electron chi connectivity index (χ0n) is 11.1. The normalized spacial score (nSPS) is 20.7. The first-order valence-corrected chi connectivity index (χ1v) is 7.92. The lowest BCUT2D eigenvalue weighted by Crippen LogP contribution is -2.34. The van der Waals surface area contributed by atoms with Gasteiger partial charge in [0.1, 0.15) is 5.01 Å². The van der Waals surface area contributed by atoms with Crippen LogP contribution in [0.15, 0.2) is 24.0 Å². The first-order chi connectivity index (χ1) is 9.43. The highest BCUT2D eigenvalue weighted by molar-refractivity contribution is 7.09. The van der Waals surface area contributed by atoms with E-state index in [1.807, 2.05) is 18.6 Å². The van der Waals surface area contributed by atoms with Crippen molar-refractivity contribution in [3.63, 3.8) is 0 Å². The van der Waals surface area contributed by atoms with Gasteiger partial charge in [0, 0.05) is 17.8 Å². The number of aryl methyl sites for hydroxylation is 1. The molecular weight excluding hydrogens is 256 g/mol. The van der Waals surface area contributed by atoms with Gasteiger partial charge in [-0.3, -0.25) is 10.00 Å². The Bertz CT molecular complexity index is 466. The number of aromatic amines is 1. The molecule has 0 unspecified atom stereocenters. The van der Waals surface area contributed by atoms with Crippen LogP contribution in [0, 0.1) is 0 Å². The van der Waals surface area contributed by atoms with Crippen LogP contribution in [0.4, 0.5) is 0 Å². The number of piperidine rings is 1. The van der Waals surface area contributed by atoms with E-state index in [2.05, 4.69) is 25.5 Å². The highest BCUT2D eigenvalue weighted by Crippen LogP contribution is 2.31. The Balaban J connectivity index is 1.55. The zero-order chi connectivity index (χ0) is 12.9. The van der Waals surface area contributed by atoms with E-state index in [9.17, 15) is 0 Å². The Morgan fingerprint density at radius 3 is 3.21 bits per heavy atom. The number of H-pyrrole nitrogens is 1. The van der Waals surface area contributed by atoms with E-state index in [1.54, 1.807) is 11.3 Å². The molecule has 3 heterocycles. The fourth-order valence-corrected chi connectivity index (χ4v) is 3.64. The van der Waals surface area contributed by atoms with E-state index in [-0.39, 0.29) is 0 Å². The van der Waals surface area contributed by atoms with Crippen LogP contribution in [0.2, 0.25) is 0 Å². The summed E-state index contributed by atoms with van der Waals surface area (Å²) in [7, 11) is 0. The second kappa shape index (κ2) is 6.30. The molecule has 1 N–H and O–H groups in total. The van der Waals surface area contributed by atoms with E-state index in [4.69, 9.17) is 0 Å². The summed E-state index contributed by atoms with van der Waals surface area (Å²) >= 11 is 1.80. The predicted molar refractivity (Wildman–Crippen MR) is 77.2 cm³/mol. The molecule has 0 aromatic carbocycles. The molecule has 1 aliphatic heterocycles. The van der Waals surface area contributed by atoms with Gasteiger partial charge in [0.15, 0.2) is 0 Å². The van der Waals surface area contributed by atoms with Gasteiger partial charge in [-0.05, 0) is 44.3 Å². The molecule has 0 aliphatic carbocycles. The van der Waals surface area contributed by atoms with Crippen molar-refractivity contribution in [1.82, 2.24) is 20.1 Å². The first kappa shape index (κ1) is 12.8. The summed E-state index contributed by atoms with van der Waals surface area (Å²) in [6, 6.07) is 0.554. The number of hydrogen-bond acceptors (Lipinski definition) is 4. The Morgan fingerprint density at radius 2 is 2.42 bits per heavy atom. The van der Waals surface area contributed by atoms with E-state index < -0.39 is 0 Å². The Kier molecular flexibility index (Phi) is 4.25. The molecule has 2 aromatic rings. The van der Waals surface area contributed by atoms with E-state index in [1.165, 1.54) is 42.8 Å². The summed E-state index contributed by atoms with van der Waals surface area (Å²) < 4.78 is 0. The van der Waals surface area contributed by atoms with Crippen molar-refractivity contribution in [3.8, 4) is 0 Å². The number of hydrogen-bond donors (Lipinski definition) is 1. The lowest BCUT2D eigenvalue weighted by atomic mass is 10.0. The van der Waals surface area contributed by atoms with Crippen molar-refractivity contribution in [2.24, 2.45) is 0 Å². The van der Waals surface area contributed by atoms with Gasteiger partial charge in [0.2, 0.25) is 0 Å². The molecule has 0 amide bonds. The summed E-state index contributed by atoms with van der Waals surface area (Å²) in [5, 5.41) is 10.3. The summed E-state index contributed by atoms with van der Waals surface area (Å²) in [4.78, 5) is 7.12. The van der Waals surface area contributed by atoms with Crippen molar-refractivity contribution in [2.75, 3.05) is 13.1 Å². The summed E-state index contributed by atoms with van der Waals surface area (Å²) in [5.74, 6) is 0. The van der Waals surface area contributed by atoms with Gasteiger partial charge in [0.25, 0.3) is 0 Å². The van der Waals surface area contributed by atoms with Gasteiger partial charge in [0.05, 0.1) is 12.2 Å². The van der Waals surface area contributed by atoms with Gasteiger partial charge < -0.3 is 0 Å². The van der Waals surface area contributed by atoms with Gasteiger partial charge in [-0.25, -0.2) is 4.98 Å². The third-order valence-electron chi connectivity index (χ3n) is 3.82. The van der Waals surface area contributed by atoms with Crippen molar-refractivity contribution in [1.29, 1.82) is 0 Å². The molecular formula is C14H20N4S. The maximum Gasteiger partial charge on any atom is 0.110 e. The molecule has 1 fully saturated rings. The van der Waals surface area contributed by atoms with Crippen LogP contribution in [0.3, 0.4) is 0 Å². The lowest BCUT2D eigenvalue weighted by molar-refractivity contribution is 0.147. The molecule has 1 aliphatic rings. The van der Waals surface area contributed by atoms with Crippen molar-refractivity contribution < 1.29 is 0 Å². The average Bonchev–Trinajstić information content (AvgIpc) is 3.12. The molecule has 0 radical (unpaired) electrons. The minimum atomic E-state index is 0.554. The minimum absolute atomic E-state index is 0.554. The van der Waals surface area contributed by atoms with Gasteiger partial charge in [-0.15, -0.1) is 11.3 Å². The fourth-order valence-electron chi connectivity index (χ4n) is 2.84. The second-order valence-corrected chi connectivity index (χ2v) is 6.05. The number of likely N-dealkylation sites (tertiary alicyclic amines) is 1. The summed E-state index contributed by atoms with van der Waals surface area (Å²) in [6.45, 7) is 2.38. The van der Waals surface area contributed by atoms with E-state index >= 15 is 0 Å². The highest BCUT2D eigenvalue weighted by Gasteiger charge is 2.25. The van der Waals surface area contributed by atoms with Crippen LogP contribution in [-0.4, -0.2) is 33.2 Å². The molecule has 5 heteroatoms. The second-order valence-electron chi connectivity index (χ2n) is 5.13. The number of aromatic nitrogens is 3. The molecule has 1 atom stereocenters. The van der Waals surface area contributed by atoms with Crippen molar-refractivity contribution in [2.45, 2.75) is 38.1 Å². The number of nitrogens with zero attached hydrogens (tertiary/aromatic N) is 3. The zero-order valence-corrected chi connectivity index (χ0v) is 11.9. The Labute approximate surface area is 117 Å². The molecule has 1 saturated heterocycles. The van der Waals surface area contributed by atoms with Gasteiger partial charge >= 0.3 is 0 Å².